The predicted octanol–water partition coefficient (Wildman–Crippen LogP) is 1.94. The molecule has 1 saturated heterocycles. The molecule has 0 spiro atoms. The van der Waals surface area contributed by atoms with Gasteiger partial charge in [0.25, 0.3) is 0 Å². The summed E-state index contributed by atoms with van der Waals surface area (Å²) in [7, 11) is -1.99. The van der Waals surface area contributed by atoms with Gasteiger partial charge in [0, 0.05) is 12.0 Å². The third-order valence-corrected chi connectivity index (χ3v) is 5.32. The lowest BCUT2D eigenvalue weighted by molar-refractivity contribution is 0.203. The van der Waals surface area contributed by atoms with Crippen LogP contribution in [-0.4, -0.2) is 49.0 Å². The third kappa shape index (κ3) is 4.55. The van der Waals surface area contributed by atoms with Crippen LogP contribution in [0.15, 0.2) is 48.1 Å². The molecular weight excluding hydrogens is 342 g/mol. The lowest BCUT2D eigenvalue weighted by Gasteiger charge is -2.15. The number of ether oxygens (including phenoxy) is 2. The van der Waals surface area contributed by atoms with E-state index in [1.54, 1.807) is 6.08 Å². The van der Waals surface area contributed by atoms with E-state index in [1.165, 1.54) is 29.2 Å². The van der Waals surface area contributed by atoms with Crippen molar-refractivity contribution in [2.75, 3.05) is 20.2 Å². The molecule has 1 atom stereocenters. The summed E-state index contributed by atoms with van der Waals surface area (Å²) < 4.78 is 37.0. The second-order valence-electron chi connectivity index (χ2n) is 5.54. The number of methoxy groups -OCH3 is 1. The van der Waals surface area contributed by atoms with Crippen molar-refractivity contribution < 1.29 is 17.9 Å². The summed E-state index contributed by atoms with van der Waals surface area (Å²) >= 11 is 0. The fourth-order valence-corrected chi connectivity index (χ4v) is 3.73. The second kappa shape index (κ2) is 7.62. The van der Waals surface area contributed by atoms with E-state index in [4.69, 9.17) is 9.47 Å². The molecule has 3 rings (SSSR count). The molecule has 0 N–H and O–H groups in total. The molecule has 0 bridgehead atoms. The number of aromatic nitrogens is 2. The summed E-state index contributed by atoms with van der Waals surface area (Å²) in [5.74, 6) is 0.675. The highest BCUT2D eigenvalue weighted by molar-refractivity contribution is 7.92. The lowest BCUT2D eigenvalue weighted by Crippen LogP contribution is -2.29. The number of rotatable bonds is 6. The van der Waals surface area contributed by atoms with Crippen molar-refractivity contribution in [1.29, 1.82) is 0 Å². The molecule has 132 valence electrons. The zero-order chi connectivity index (χ0) is 17.7. The van der Waals surface area contributed by atoms with Gasteiger partial charge < -0.3 is 9.47 Å². The van der Waals surface area contributed by atoms with Gasteiger partial charge in [-0.05, 0) is 18.1 Å². The molecule has 1 aliphatic heterocycles. The molecule has 1 fully saturated rings. The van der Waals surface area contributed by atoms with Crippen LogP contribution < -0.4 is 9.47 Å². The Labute approximate surface area is 147 Å². The standard InChI is InChI=1S/C17H19N3O4S/c1-23-16-11-18-12-17(19-16)24-15-7-9-20(13-15)25(21,22)10-8-14-5-3-2-4-6-14/h2-6,8,10-12,15H,7,9,13H2,1H3/b10-8+/t15-/m1/s1. The van der Waals surface area contributed by atoms with Crippen molar-refractivity contribution in [3.05, 3.63) is 53.7 Å². The fourth-order valence-electron chi connectivity index (χ4n) is 2.50. The average Bonchev–Trinajstić information content (AvgIpc) is 3.10. The Bertz CT molecular complexity index is 840. The third-order valence-electron chi connectivity index (χ3n) is 3.79. The molecule has 8 heteroatoms. The summed E-state index contributed by atoms with van der Waals surface area (Å²) in [5, 5.41) is 1.23. The maximum absolute atomic E-state index is 12.4. The van der Waals surface area contributed by atoms with E-state index >= 15 is 0 Å². The fraction of sp³-hybridized carbons (Fsp3) is 0.294. The van der Waals surface area contributed by atoms with Gasteiger partial charge in [-0.2, -0.15) is 9.29 Å². The van der Waals surface area contributed by atoms with E-state index in [9.17, 15) is 8.42 Å². The molecule has 1 aliphatic rings. The molecule has 0 radical (unpaired) electrons. The molecule has 25 heavy (non-hydrogen) atoms. The number of nitrogens with zero attached hydrogens (tertiary/aromatic N) is 3. The first-order valence-electron chi connectivity index (χ1n) is 7.83. The minimum Gasteiger partial charge on any atom is -0.480 e. The van der Waals surface area contributed by atoms with Crippen LogP contribution in [0.2, 0.25) is 0 Å². The van der Waals surface area contributed by atoms with E-state index in [1.807, 2.05) is 30.3 Å². The minimum atomic E-state index is -3.48. The quantitative estimate of drug-likeness (QED) is 0.782. The molecule has 2 aromatic rings. The molecule has 1 aromatic carbocycles. The van der Waals surface area contributed by atoms with Gasteiger partial charge in [0.15, 0.2) is 0 Å². The van der Waals surface area contributed by atoms with Gasteiger partial charge in [0.2, 0.25) is 21.8 Å². The van der Waals surface area contributed by atoms with Crippen LogP contribution >= 0.6 is 0 Å². The molecule has 1 aromatic heterocycles. The number of benzene rings is 1. The van der Waals surface area contributed by atoms with E-state index < -0.39 is 10.0 Å². The van der Waals surface area contributed by atoms with Gasteiger partial charge in [-0.25, -0.2) is 8.42 Å². The molecule has 7 nitrogen and oxygen atoms in total. The zero-order valence-corrected chi connectivity index (χ0v) is 14.6. The largest absolute Gasteiger partial charge is 0.480 e. The van der Waals surface area contributed by atoms with E-state index in [0.717, 1.165) is 5.56 Å². The van der Waals surface area contributed by atoms with Crippen molar-refractivity contribution in [2.24, 2.45) is 0 Å². The summed E-state index contributed by atoms with van der Waals surface area (Å²) in [6.07, 6.45) is 4.89. The van der Waals surface area contributed by atoms with Crippen LogP contribution in [0.1, 0.15) is 12.0 Å². The lowest BCUT2D eigenvalue weighted by atomic mass is 10.2. The first kappa shape index (κ1) is 17.4. The van der Waals surface area contributed by atoms with Crippen LogP contribution in [0, 0.1) is 0 Å². The van der Waals surface area contributed by atoms with Crippen LogP contribution in [0.5, 0.6) is 11.8 Å². The van der Waals surface area contributed by atoms with Gasteiger partial charge >= 0.3 is 0 Å². The van der Waals surface area contributed by atoms with Gasteiger partial charge in [0.1, 0.15) is 6.10 Å². The predicted molar refractivity (Wildman–Crippen MR) is 93.6 cm³/mol. The number of sulfonamides is 1. The normalized spacial score (nSPS) is 18.5. The summed E-state index contributed by atoms with van der Waals surface area (Å²) in [6, 6.07) is 9.31. The molecule has 0 amide bonds. The Morgan fingerprint density at radius 1 is 1.20 bits per heavy atom. The molecule has 0 aliphatic carbocycles. The Morgan fingerprint density at radius 3 is 2.72 bits per heavy atom. The minimum absolute atomic E-state index is 0.263. The smallest absolute Gasteiger partial charge is 0.236 e. The first-order chi connectivity index (χ1) is 12.1. The maximum atomic E-state index is 12.4. The summed E-state index contributed by atoms with van der Waals surface area (Å²) in [6.45, 7) is 0.684. The monoisotopic (exact) mass is 361 g/mol. The molecule has 0 unspecified atom stereocenters. The highest BCUT2D eigenvalue weighted by atomic mass is 32.2. The molecular formula is C17H19N3O4S. The Balaban J connectivity index is 1.62. The van der Waals surface area contributed by atoms with Crippen LogP contribution in [-0.2, 0) is 10.0 Å². The van der Waals surface area contributed by atoms with E-state index in [2.05, 4.69) is 9.97 Å². The van der Waals surface area contributed by atoms with Crippen molar-refractivity contribution in [3.63, 3.8) is 0 Å². The average molecular weight is 361 g/mol. The summed E-state index contributed by atoms with van der Waals surface area (Å²) in [4.78, 5) is 8.10. The highest BCUT2D eigenvalue weighted by Crippen LogP contribution is 2.21. The Hall–Kier alpha value is -2.45. The van der Waals surface area contributed by atoms with Crippen LogP contribution in [0.4, 0.5) is 0 Å². The highest BCUT2D eigenvalue weighted by Gasteiger charge is 2.31. The van der Waals surface area contributed by atoms with Crippen molar-refractivity contribution in [1.82, 2.24) is 14.3 Å². The molecule has 2 heterocycles. The van der Waals surface area contributed by atoms with Gasteiger partial charge in [0.05, 0.1) is 26.0 Å². The van der Waals surface area contributed by atoms with Gasteiger partial charge in [-0.15, -0.1) is 0 Å². The van der Waals surface area contributed by atoms with Crippen LogP contribution in [0.25, 0.3) is 6.08 Å². The number of hydrogen-bond acceptors (Lipinski definition) is 6. The summed E-state index contributed by atoms with van der Waals surface area (Å²) in [5.41, 5.74) is 0.838. The maximum Gasteiger partial charge on any atom is 0.236 e. The van der Waals surface area contributed by atoms with Crippen molar-refractivity contribution in [2.45, 2.75) is 12.5 Å². The zero-order valence-electron chi connectivity index (χ0n) is 13.8. The Morgan fingerprint density at radius 2 is 1.96 bits per heavy atom. The second-order valence-corrected chi connectivity index (χ2v) is 7.36. The Kier molecular flexibility index (Phi) is 5.30. The topological polar surface area (TPSA) is 81.6 Å². The van der Waals surface area contributed by atoms with Gasteiger partial charge in [-0.1, -0.05) is 30.3 Å². The number of hydrogen-bond donors (Lipinski definition) is 0. The van der Waals surface area contributed by atoms with E-state index in [0.29, 0.717) is 24.7 Å². The van der Waals surface area contributed by atoms with Gasteiger partial charge in [-0.3, -0.25) is 4.98 Å². The molecule has 0 saturated carbocycles. The first-order valence-corrected chi connectivity index (χ1v) is 9.33. The van der Waals surface area contributed by atoms with E-state index in [-0.39, 0.29) is 12.6 Å². The van der Waals surface area contributed by atoms with Crippen LogP contribution in [0.3, 0.4) is 0 Å². The SMILES string of the molecule is COc1cncc(O[C@@H]2CCN(S(=O)(=O)/C=C/c3ccccc3)C2)n1. The van der Waals surface area contributed by atoms with Crippen molar-refractivity contribution >= 4 is 16.1 Å². The van der Waals surface area contributed by atoms with Crippen molar-refractivity contribution in [3.8, 4) is 11.8 Å².